The molecule has 1 aromatic carbocycles. The van der Waals surface area contributed by atoms with Crippen molar-refractivity contribution in [1.29, 1.82) is 0 Å². The van der Waals surface area contributed by atoms with Crippen LogP contribution in [0, 0.1) is 5.92 Å². The van der Waals surface area contributed by atoms with Crippen LogP contribution in [0.5, 0.6) is 0 Å². The summed E-state index contributed by atoms with van der Waals surface area (Å²) < 4.78 is 4.57. The maximum Gasteiger partial charge on any atom is 0.355 e. The zero-order valence-electron chi connectivity index (χ0n) is 10.9. The number of nitrogens with zero attached hydrogens (tertiary/aromatic N) is 2. The summed E-state index contributed by atoms with van der Waals surface area (Å²) in [7, 11) is 1.19. The molecule has 1 fully saturated rings. The van der Waals surface area contributed by atoms with Crippen LogP contribution in [-0.2, 0) is 19.1 Å². The molecule has 2 aliphatic heterocycles. The number of carbonyl (C=O) groups excluding carboxylic acids is 3. The van der Waals surface area contributed by atoms with Gasteiger partial charge in [-0.05, 0) is 24.3 Å². The van der Waals surface area contributed by atoms with E-state index in [4.69, 9.17) is 11.6 Å². The van der Waals surface area contributed by atoms with Gasteiger partial charge in [-0.15, -0.1) is 0 Å². The number of anilines is 1. The molecule has 2 heterocycles. The zero-order valence-corrected chi connectivity index (χ0v) is 11.6. The van der Waals surface area contributed by atoms with Crippen molar-refractivity contribution in [2.24, 2.45) is 11.0 Å². The molecule has 1 aromatic rings. The third kappa shape index (κ3) is 1.97. The number of ether oxygens (including phenoxy) is 1. The number of amides is 2. The Balaban J connectivity index is 1.95. The second kappa shape index (κ2) is 4.85. The average Bonchev–Trinajstić information content (AvgIpc) is 3.01. The molecule has 7 nitrogen and oxygen atoms in total. The predicted molar refractivity (Wildman–Crippen MR) is 73.8 cm³/mol. The van der Waals surface area contributed by atoms with Crippen molar-refractivity contribution in [2.45, 2.75) is 6.04 Å². The number of imide groups is 1. The highest BCUT2D eigenvalue weighted by atomic mass is 35.5. The van der Waals surface area contributed by atoms with Crippen LogP contribution in [0.1, 0.15) is 0 Å². The summed E-state index contributed by atoms with van der Waals surface area (Å²) in [5, 5.41) is 4.23. The molecule has 8 heteroatoms. The Bertz CT molecular complexity index is 670. The van der Waals surface area contributed by atoms with Gasteiger partial charge in [0.05, 0.1) is 12.8 Å². The van der Waals surface area contributed by atoms with Crippen LogP contribution < -0.4 is 10.3 Å². The molecule has 108 valence electrons. The number of halogens is 1. The lowest BCUT2D eigenvalue weighted by Crippen LogP contribution is -2.36. The minimum absolute atomic E-state index is 0.0858. The van der Waals surface area contributed by atoms with E-state index >= 15 is 0 Å². The first-order valence-electron chi connectivity index (χ1n) is 6.09. The number of esters is 1. The van der Waals surface area contributed by atoms with Crippen LogP contribution in [0.15, 0.2) is 29.4 Å². The highest BCUT2D eigenvalue weighted by Crippen LogP contribution is 2.31. The number of hydrazone groups is 1. The second-order valence-corrected chi connectivity index (χ2v) is 5.00. The Kier molecular flexibility index (Phi) is 3.13. The van der Waals surface area contributed by atoms with E-state index in [2.05, 4.69) is 15.3 Å². The van der Waals surface area contributed by atoms with Gasteiger partial charge in [0.25, 0.3) is 5.91 Å². The number of methoxy groups -OCH3 is 1. The highest BCUT2D eigenvalue weighted by Gasteiger charge is 2.55. The molecule has 0 saturated carbocycles. The maximum atomic E-state index is 12.5. The SMILES string of the molecule is COC(=O)C1=NN[C@H]2C(=O)N(c3ccc(Cl)cc3)C(=O)[C@@H]12. The fourth-order valence-corrected chi connectivity index (χ4v) is 2.53. The maximum absolute atomic E-state index is 12.5. The summed E-state index contributed by atoms with van der Waals surface area (Å²) >= 11 is 5.79. The smallest absolute Gasteiger partial charge is 0.355 e. The van der Waals surface area contributed by atoms with Crippen molar-refractivity contribution in [3.05, 3.63) is 29.3 Å². The van der Waals surface area contributed by atoms with Gasteiger partial charge in [-0.2, -0.15) is 5.10 Å². The first-order valence-corrected chi connectivity index (χ1v) is 6.47. The number of hydrogen-bond donors (Lipinski definition) is 1. The first-order chi connectivity index (χ1) is 10.0. The fraction of sp³-hybridized carbons (Fsp3) is 0.231. The van der Waals surface area contributed by atoms with Crippen LogP contribution in [0.3, 0.4) is 0 Å². The number of rotatable bonds is 2. The minimum atomic E-state index is -0.958. The Hall–Kier alpha value is -2.41. The molecular weight excluding hydrogens is 298 g/mol. The van der Waals surface area contributed by atoms with Crippen molar-refractivity contribution >= 4 is 40.8 Å². The normalized spacial score (nSPS) is 23.7. The fourth-order valence-electron chi connectivity index (χ4n) is 2.41. The molecule has 0 unspecified atom stereocenters. The highest BCUT2D eigenvalue weighted by molar-refractivity contribution is 6.46. The van der Waals surface area contributed by atoms with E-state index in [1.54, 1.807) is 24.3 Å². The predicted octanol–water partition coefficient (Wildman–Crippen LogP) is 0.330. The third-order valence-corrected chi connectivity index (χ3v) is 3.66. The first kappa shape index (κ1) is 13.6. The van der Waals surface area contributed by atoms with Crippen molar-refractivity contribution in [2.75, 3.05) is 12.0 Å². The van der Waals surface area contributed by atoms with E-state index < -0.39 is 29.7 Å². The van der Waals surface area contributed by atoms with E-state index in [-0.39, 0.29) is 5.71 Å². The molecule has 1 N–H and O–H groups in total. The molecule has 0 aromatic heterocycles. The van der Waals surface area contributed by atoms with Gasteiger partial charge in [0, 0.05) is 5.02 Å². The van der Waals surface area contributed by atoms with Crippen LogP contribution in [-0.4, -0.2) is 36.6 Å². The van der Waals surface area contributed by atoms with Gasteiger partial charge < -0.3 is 4.74 Å². The Morgan fingerprint density at radius 3 is 2.57 bits per heavy atom. The summed E-state index contributed by atoms with van der Waals surface area (Å²) in [6, 6.07) is 5.41. The molecule has 0 bridgehead atoms. The van der Waals surface area contributed by atoms with Gasteiger partial charge in [0.15, 0.2) is 5.71 Å². The summed E-state index contributed by atoms with van der Waals surface area (Å²) in [6.07, 6.45) is 0. The summed E-state index contributed by atoms with van der Waals surface area (Å²) in [4.78, 5) is 37.4. The summed E-state index contributed by atoms with van der Waals surface area (Å²) in [6.45, 7) is 0. The lowest BCUT2D eigenvalue weighted by atomic mass is 9.99. The number of hydrogen-bond acceptors (Lipinski definition) is 6. The van der Waals surface area contributed by atoms with Gasteiger partial charge in [0.1, 0.15) is 12.0 Å². The molecule has 2 atom stereocenters. The number of fused-ring (bicyclic) bond motifs is 1. The Labute approximate surface area is 124 Å². The molecule has 21 heavy (non-hydrogen) atoms. The summed E-state index contributed by atoms with van der Waals surface area (Å²) in [5.74, 6) is -2.66. The van der Waals surface area contributed by atoms with Crippen LogP contribution in [0.2, 0.25) is 5.02 Å². The van der Waals surface area contributed by atoms with Crippen molar-refractivity contribution in [3.63, 3.8) is 0 Å². The molecular formula is C13H10ClN3O4. The van der Waals surface area contributed by atoms with Gasteiger partial charge in [-0.3, -0.25) is 15.0 Å². The third-order valence-electron chi connectivity index (χ3n) is 3.40. The monoisotopic (exact) mass is 307 g/mol. The lowest BCUT2D eigenvalue weighted by Gasteiger charge is -2.15. The minimum Gasteiger partial charge on any atom is -0.464 e. The van der Waals surface area contributed by atoms with Gasteiger partial charge in [0.2, 0.25) is 5.91 Å². The van der Waals surface area contributed by atoms with E-state index in [0.29, 0.717) is 10.7 Å². The number of carbonyl (C=O) groups is 3. The second-order valence-electron chi connectivity index (χ2n) is 4.56. The summed E-state index contributed by atoms with van der Waals surface area (Å²) in [5.41, 5.74) is 2.84. The largest absolute Gasteiger partial charge is 0.464 e. The molecule has 0 radical (unpaired) electrons. The number of nitrogens with one attached hydrogen (secondary N) is 1. The van der Waals surface area contributed by atoms with Crippen LogP contribution in [0.25, 0.3) is 0 Å². The van der Waals surface area contributed by atoms with Crippen molar-refractivity contribution < 1.29 is 19.1 Å². The quantitative estimate of drug-likeness (QED) is 0.628. The molecule has 0 spiro atoms. The van der Waals surface area contributed by atoms with Crippen molar-refractivity contribution in [1.82, 2.24) is 5.43 Å². The van der Waals surface area contributed by atoms with Crippen LogP contribution in [0.4, 0.5) is 5.69 Å². The van der Waals surface area contributed by atoms with E-state index in [1.807, 2.05) is 0 Å². The van der Waals surface area contributed by atoms with E-state index in [1.165, 1.54) is 7.11 Å². The van der Waals surface area contributed by atoms with Crippen molar-refractivity contribution in [3.8, 4) is 0 Å². The van der Waals surface area contributed by atoms with Gasteiger partial charge >= 0.3 is 5.97 Å². The van der Waals surface area contributed by atoms with E-state index in [0.717, 1.165) is 4.90 Å². The van der Waals surface area contributed by atoms with Crippen LogP contribution >= 0.6 is 11.6 Å². The standard InChI is InChI=1S/C13H10ClN3O4/c1-21-13(20)10-8-9(15-16-10)12(19)17(11(8)18)7-4-2-6(14)3-5-7/h2-5,8-9,15H,1H3/t8-,9-/m1/s1. The average molecular weight is 308 g/mol. The molecule has 2 aliphatic rings. The zero-order chi connectivity index (χ0) is 15.1. The molecule has 2 amide bonds. The topological polar surface area (TPSA) is 88.1 Å². The van der Waals surface area contributed by atoms with E-state index in [9.17, 15) is 14.4 Å². The molecule has 3 rings (SSSR count). The Morgan fingerprint density at radius 1 is 1.29 bits per heavy atom. The molecule has 0 aliphatic carbocycles. The Morgan fingerprint density at radius 2 is 1.95 bits per heavy atom. The number of benzene rings is 1. The molecule has 1 saturated heterocycles. The lowest BCUT2D eigenvalue weighted by molar-refractivity contribution is -0.133. The van der Waals surface area contributed by atoms with Gasteiger partial charge in [-0.25, -0.2) is 9.69 Å². The van der Waals surface area contributed by atoms with Gasteiger partial charge in [-0.1, -0.05) is 11.6 Å².